The van der Waals surface area contributed by atoms with E-state index in [1.165, 1.54) is 36.4 Å². The number of hydrogen-bond donors (Lipinski definition) is 4. The van der Waals surface area contributed by atoms with Crippen molar-refractivity contribution in [3.05, 3.63) is 58.4 Å². The van der Waals surface area contributed by atoms with Gasteiger partial charge in [0.15, 0.2) is 0 Å². The van der Waals surface area contributed by atoms with Crippen LogP contribution in [-0.4, -0.2) is 35.6 Å². The van der Waals surface area contributed by atoms with E-state index in [9.17, 15) is 19.3 Å². The van der Waals surface area contributed by atoms with Crippen molar-refractivity contribution >= 4 is 28.7 Å². The van der Waals surface area contributed by atoms with Gasteiger partial charge in [-0.25, -0.2) is 4.39 Å². The van der Waals surface area contributed by atoms with Gasteiger partial charge in [-0.15, -0.1) is 0 Å². The van der Waals surface area contributed by atoms with Crippen molar-refractivity contribution in [2.24, 2.45) is 0 Å². The molecule has 0 spiro atoms. The molecule has 0 heterocycles. The van der Waals surface area contributed by atoms with Gasteiger partial charge in [0.05, 0.1) is 35.1 Å². The van der Waals surface area contributed by atoms with Crippen LogP contribution in [0.5, 0.6) is 0 Å². The second-order valence-corrected chi connectivity index (χ2v) is 5.02. The summed E-state index contributed by atoms with van der Waals surface area (Å²) in [6, 6.07) is 9.80. The fraction of sp³-hybridized carbons (Fsp3) is 0.188. The van der Waals surface area contributed by atoms with Gasteiger partial charge in [-0.1, -0.05) is 12.1 Å². The fourth-order valence-corrected chi connectivity index (χ4v) is 2.07. The first-order valence-electron chi connectivity index (χ1n) is 7.42. The number of amides is 1. The number of nitro groups is 1. The third-order valence-corrected chi connectivity index (χ3v) is 3.23. The summed E-state index contributed by atoms with van der Waals surface area (Å²) in [5, 5.41) is 27.8. The van der Waals surface area contributed by atoms with Crippen LogP contribution in [0.2, 0.25) is 0 Å². The molecule has 1 amide bonds. The number of nitro benzene ring substituents is 1. The Hall–Kier alpha value is -3.20. The van der Waals surface area contributed by atoms with Crippen LogP contribution in [0.15, 0.2) is 42.5 Å². The van der Waals surface area contributed by atoms with E-state index in [0.717, 1.165) is 0 Å². The molecule has 0 aliphatic carbocycles. The SMILES string of the molecule is O=C(CNc1cc([N+](=O)[O-])ccc1NCCO)Nc1ccccc1F. The summed E-state index contributed by atoms with van der Waals surface area (Å²) in [6.07, 6.45) is 0. The Morgan fingerprint density at radius 3 is 2.56 bits per heavy atom. The summed E-state index contributed by atoms with van der Waals surface area (Å²) in [6.45, 7) is -0.0958. The first-order valence-corrected chi connectivity index (χ1v) is 7.42. The number of benzene rings is 2. The second-order valence-electron chi connectivity index (χ2n) is 5.02. The molecule has 0 aromatic heterocycles. The molecular formula is C16H17FN4O4. The van der Waals surface area contributed by atoms with E-state index in [-0.39, 0.29) is 31.1 Å². The molecule has 25 heavy (non-hydrogen) atoms. The van der Waals surface area contributed by atoms with Gasteiger partial charge in [-0.2, -0.15) is 0 Å². The van der Waals surface area contributed by atoms with E-state index in [0.29, 0.717) is 11.4 Å². The molecule has 0 fully saturated rings. The summed E-state index contributed by atoms with van der Waals surface area (Å²) >= 11 is 0. The number of nitrogens with one attached hydrogen (secondary N) is 3. The summed E-state index contributed by atoms with van der Waals surface area (Å²) in [4.78, 5) is 22.3. The molecule has 4 N–H and O–H groups in total. The molecule has 0 bridgehead atoms. The molecule has 0 aliphatic rings. The average molecular weight is 348 g/mol. The number of nitrogens with zero attached hydrogens (tertiary/aromatic N) is 1. The highest BCUT2D eigenvalue weighted by Gasteiger charge is 2.12. The van der Waals surface area contributed by atoms with Crippen molar-refractivity contribution in [3.8, 4) is 0 Å². The lowest BCUT2D eigenvalue weighted by molar-refractivity contribution is -0.384. The fourth-order valence-electron chi connectivity index (χ4n) is 2.07. The maximum absolute atomic E-state index is 13.5. The first-order chi connectivity index (χ1) is 12.0. The molecule has 0 saturated carbocycles. The highest BCUT2D eigenvalue weighted by atomic mass is 19.1. The maximum Gasteiger partial charge on any atom is 0.271 e. The molecular weight excluding hydrogens is 331 g/mol. The van der Waals surface area contributed by atoms with E-state index in [2.05, 4.69) is 16.0 Å². The van der Waals surface area contributed by atoms with Gasteiger partial charge in [0.25, 0.3) is 5.69 Å². The van der Waals surface area contributed by atoms with Gasteiger partial charge in [-0.3, -0.25) is 14.9 Å². The van der Waals surface area contributed by atoms with Gasteiger partial charge in [0, 0.05) is 18.7 Å². The number of aliphatic hydroxyl groups excluding tert-OH is 1. The molecule has 0 unspecified atom stereocenters. The number of anilines is 3. The molecule has 8 nitrogen and oxygen atoms in total. The first kappa shape index (κ1) is 18.1. The van der Waals surface area contributed by atoms with E-state index >= 15 is 0 Å². The standard InChI is InChI=1S/C16H17FN4O4/c17-12-3-1-2-4-13(12)20-16(23)10-19-15-9-11(21(24)25)5-6-14(15)18-7-8-22/h1-6,9,18-19,22H,7-8,10H2,(H,20,23). The number of halogens is 1. The van der Waals surface area contributed by atoms with E-state index in [1.807, 2.05) is 0 Å². The number of rotatable bonds is 8. The van der Waals surface area contributed by atoms with Crippen LogP contribution in [0.3, 0.4) is 0 Å². The van der Waals surface area contributed by atoms with Gasteiger partial charge < -0.3 is 21.1 Å². The zero-order valence-corrected chi connectivity index (χ0v) is 13.2. The topological polar surface area (TPSA) is 117 Å². The zero-order chi connectivity index (χ0) is 18.2. The van der Waals surface area contributed by atoms with Crippen molar-refractivity contribution in [1.29, 1.82) is 0 Å². The minimum absolute atomic E-state index is 0.0481. The lowest BCUT2D eigenvalue weighted by Gasteiger charge is -2.13. The molecule has 0 radical (unpaired) electrons. The minimum atomic E-state index is -0.559. The second kappa shape index (κ2) is 8.60. The number of para-hydroxylation sites is 1. The van der Waals surface area contributed by atoms with Crippen LogP contribution in [0, 0.1) is 15.9 Å². The molecule has 0 saturated heterocycles. The predicted molar refractivity (Wildman–Crippen MR) is 92.2 cm³/mol. The van der Waals surface area contributed by atoms with Crippen LogP contribution >= 0.6 is 0 Å². The lowest BCUT2D eigenvalue weighted by atomic mass is 10.2. The number of non-ortho nitro benzene ring substituents is 1. The van der Waals surface area contributed by atoms with Gasteiger partial charge in [0.2, 0.25) is 5.91 Å². The van der Waals surface area contributed by atoms with Crippen molar-refractivity contribution in [1.82, 2.24) is 0 Å². The van der Waals surface area contributed by atoms with E-state index in [4.69, 9.17) is 5.11 Å². The Morgan fingerprint density at radius 2 is 1.88 bits per heavy atom. The molecule has 0 atom stereocenters. The Labute approximate surface area is 142 Å². The Morgan fingerprint density at radius 1 is 1.12 bits per heavy atom. The van der Waals surface area contributed by atoms with Crippen LogP contribution in [0.4, 0.5) is 27.1 Å². The van der Waals surface area contributed by atoms with Crippen LogP contribution in [0.1, 0.15) is 0 Å². The number of carbonyl (C=O) groups is 1. The molecule has 0 aliphatic heterocycles. The lowest BCUT2D eigenvalue weighted by Crippen LogP contribution is -2.23. The van der Waals surface area contributed by atoms with Crippen LogP contribution < -0.4 is 16.0 Å². The summed E-state index contributed by atoms with van der Waals surface area (Å²) in [5.74, 6) is -1.07. The quantitative estimate of drug-likeness (QED) is 0.429. The monoisotopic (exact) mass is 348 g/mol. The Balaban J connectivity index is 2.07. The average Bonchev–Trinajstić information content (AvgIpc) is 2.60. The largest absolute Gasteiger partial charge is 0.395 e. The van der Waals surface area contributed by atoms with Gasteiger partial charge >= 0.3 is 0 Å². The van der Waals surface area contributed by atoms with Crippen molar-refractivity contribution in [2.45, 2.75) is 0 Å². The van der Waals surface area contributed by atoms with Gasteiger partial charge in [0.1, 0.15) is 5.82 Å². The molecule has 9 heteroatoms. The Bertz CT molecular complexity index is 770. The zero-order valence-electron chi connectivity index (χ0n) is 13.2. The van der Waals surface area contributed by atoms with E-state index in [1.54, 1.807) is 6.07 Å². The van der Waals surface area contributed by atoms with Crippen molar-refractivity contribution in [3.63, 3.8) is 0 Å². The summed E-state index contributed by atoms with van der Waals surface area (Å²) in [5.41, 5.74) is 0.725. The predicted octanol–water partition coefficient (Wildman–Crippen LogP) is 2.19. The van der Waals surface area contributed by atoms with Crippen LogP contribution in [-0.2, 0) is 4.79 Å². The number of aliphatic hydroxyl groups is 1. The normalized spacial score (nSPS) is 10.2. The molecule has 2 aromatic carbocycles. The molecule has 2 aromatic rings. The molecule has 2 rings (SSSR count). The third-order valence-electron chi connectivity index (χ3n) is 3.23. The van der Waals surface area contributed by atoms with Crippen molar-refractivity contribution < 1.29 is 19.2 Å². The number of carbonyl (C=O) groups excluding carboxylic acids is 1. The van der Waals surface area contributed by atoms with Gasteiger partial charge in [-0.05, 0) is 18.2 Å². The highest BCUT2D eigenvalue weighted by Crippen LogP contribution is 2.26. The van der Waals surface area contributed by atoms with E-state index < -0.39 is 16.6 Å². The Kier molecular flexibility index (Phi) is 6.24. The minimum Gasteiger partial charge on any atom is -0.395 e. The number of hydrogen-bond acceptors (Lipinski definition) is 6. The highest BCUT2D eigenvalue weighted by molar-refractivity contribution is 5.94. The summed E-state index contributed by atoms with van der Waals surface area (Å²) in [7, 11) is 0. The molecule has 132 valence electrons. The maximum atomic E-state index is 13.5. The van der Waals surface area contributed by atoms with Crippen LogP contribution in [0.25, 0.3) is 0 Å². The smallest absolute Gasteiger partial charge is 0.271 e. The summed E-state index contributed by atoms with van der Waals surface area (Å²) < 4.78 is 13.5. The third kappa shape index (κ3) is 5.15. The van der Waals surface area contributed by atoms with Crippen molar-refractivity contribution in [2.75, 3.05) is 35.6 Å².